The van der Waals surface area contributed by atoms with E-state index in [0.717, 1.165) is 5.56 Å². The summed E-state index contributed by atoms with van der Waals surface area (Å²) in [6.07, 6.45) is 0. The van der Waals surface area contributed by atoms with E-state index in [0.29, 0.717) is 10.6 Å². The average Bonchev–Trinajstić information content (AvgIpc) is 2.18. The van der Waals surface area contributed by atoms with Crippen LogP contribution in [0.2, 0.25) is 5.02 Å². The first-order valence-electron chi connectivity index (χ1n) is 4.12. The van der Waals surface area contributed by atoms with Crippen molar-refractivity contribution in [2.45, 2.75) is 6.92 Å². The fraction of sp³-hybridized carbons (Fsp3) is 0.111. The molecule has 1 aromatic rings. The largest absolute Gasteiger partial charge is 0.375 e. The second-order valence-corrected chi connectivity index (χ2v) is 3.75. The molecule has 80 valence electrons. The number of rotatable bonds is 1. The van der Waals surface area contributed by atoms with Gasteiger partial charge in [-0.15, -0.1) is 0 Å². The first kappa shape index (κ1) is 11.7. The normalized spacial score (nSPS) is 9.47. The highest BCUT2D eigenvalue weighted by Crippen LogP contribution is 2.16. The number of hydrogen-bond donors (Lipinski definition) is 3. The van der Waals surface area contributed by atoms with Gasteiger partial charge in [-0.25, -0.2) is 0 Å². The van der Waals surface area contributed by atoms with Crippen molar-refractivity contribution in [1.82, 2.24) is 10.9 Å². The third-order valence-corrected chi connectivity index (χ3v) is 2.24. The van der Waals surface area contributed by atoms with Gasteiger partial charge in [0.05, 0.1) is 0 Å². The van der Waals surface area contributed by atoms with Gasteiger partial charge in [0.2, 0.25) is 0 Å². The summed E-state index contributed by atoms with van der Waals surface area (Å²) in [7, 11) is 0. The predicted octanol–water partition coefficient (Wildman–Crippen LogP) is 1.13. The van der Waals surface area contributed by atoms with Crippen LogP contribution in [0.25, 0.3) is 0 Å². The van der Waals surface area contributed by atoms with Crippen LogP contribution in [0.1, 0.15) is 15.9 Å². The lowest BCUT2D eigenvalue weighted by atomic mass is 10.1. The molecule has 4 nitrogen and oxygen atoms in total. The molecule has 0 radical (unpaired) electrons. The third-order valence-electron chi connectivity index (χ3n) is 1.73. The molecule has 0 spiro atoms. The lowest BCUT2D eigenvalue weighted by molar-refractivity contribution is 0.0944. The molecule has 0 saturated heterocycles. The van der Waals surface area contributed by atoms with Crippen LogP contribution >= 0.6 is 23.8 Å². The maximum atomic E-state index is 11.5. The van der Waals surface area contributed by atoms with Gasteiger partial charge in [0.15, 0.2) is 5.11 Å². The highest BCUT2D eigenvalue weighted by atomic mass is 35.5. The van der Waals surface area contributed by atoms with Crippen LogP contribution < -0.4 is 16.6 Å². The molecule has 0 unspecified atom stereocenters. The fourth-order valence-electron chi connectivity index (χ4n) is 0.925. The molecule has 0 aromatic heterocycles. The number of carbonyl (C=O) groups is 1. The van der Waals surface area contributed by atoms with Gasteiger partial charge in [-0.3, -0.25) is 15.6 Å². The van der Waals surface area contributed by atoms with E-state index < -0.39 is 0 Å². The van der Waals surface area contributed by atoms with E-state index in [2.05, 4.69) is 23.1 Å². The summed E-state index contributed by atoms with van der Waals surface area (Å²) in [5, 5.41) is 0.541. The number of halogens is 1. The number of carbonyl (C=O) groups excluding carboxylic acids is 1. The number of amides is 1. The minimum atomic E-state index is -0.343. The van der Waals surface area contributed by atoms with Crippen molar-refractivity contribution in [3.05, 3.63) is 34.3 Å². The monoisotopic (exact) mass is 243 g/mol. The number of thiocarbonyl (C=S) groups is 1. The van der Waals surface area contributed by atoms with E-state index in [1.54, 1.807) is 18.2 Å². The Labute approximate surface area is 97.8 Å². The second-order valence-electron chi connectivity index (χ2n) is 2.91. The first-order chi connectivity index (χ1) is 7.00. The Morgan fingerprint density at radius 1 is 1.47 bits per heavy atom. The summed E-state index contributed by atoms with van der Waals surface area (Å²) >= 11 is 10.4. The van der Waals surface area contributed by atoms with Crippen molar-refractivity contribution in [2.24, 2.45) is 5.73 Å². The standard InChI is InChI=1S/C9H10ClN3OS/c1-5-2-3-6(4-7(5)10)8(14)12-13-9(11)15/h2-4H,1H3,(H,12,14)(H3,11,13,15). The number of nitrogens with two attached hydrogens (primary N) is 1. The van der Waals surface area contributed by atoms with Crippen molar-refractivity contribution in [3.63, 3.8) is 0 Å². The molecule has 4 N–H and O–H groups in total. The molecule has 0 fully saturated rings. The zero-order valence-corrected chi connectivity index (χ0v) is 9.58. The van der Waals surface area contributed by atoms with Gasteiger partial charge in [0.25, 0.3) is 5.91 Å². The maximum absolute atomic E-state index is 11.5. The van der Waals surface area contributed by atoms with Crippen LogP contribution in [0.4, 0.5) is 0 Å². The summed E-state index contributed by atoms with van der Waals surface area (Å²) in [6, 6.07) is 5.00. The molecule has 0 aliphatic carbocycles. The minimum Gasteiger partial charge on any atom is -0.375 e. The number of hydrogen-bond acceptors (Lipinski definition) is 2. The second kappa shape index (κ2) is 4.95. The smallest absolute Gasteiger partial charge is 0.269 e. The van der Waals surface area contributed by atoms with E-state index in [-0.39, 0.29) is 11.0 Å². The summed E-state index contributed by atoms with van der Waals surface area (Å²) in [4.78, 5) is 11.5. The summed E-state index contributed by atoms with van der Waals surface area (Å²) in [5.74, 6) is -0.343. The van der Waals surface area contributed by atoms with E-state index in [9.17, 15) is 4.79 Å². The van der Waals surface area contributed by atoms with E-state index in [1.807, 2.05) is 6.92 Å². The Kier molecular flexibility index (Phi) is 3.88. The van der Waals surface area contributed by atoms with E-state index in [1.165, 1.54) is 0 Å². The molecule has 0 heterocycles. The van der Waals surface area contributed by atoms with Crippen LogP contribution in [0, 0.1) is 6.92 Å². The molecule has 15 heavy (non-hydrogen) atoms. The van der Waals surface area contributed by atoms with Crippen molar-refractivity contribution in [2.75, 3.05) is 0 Å². The predicted molar refractivity (Wildman–Crippen MR) is 63.6 cm³/mol. The number of aryl methyl sites for hydroxylation is 1. The molecule has 0 bridgehead atoms. The molecule has 0 saturated carbocycles. The Morgan fingerprint density at radius 2 is 2.13 bits per heavy atom. The van der Waals surface area contributed by atoms with E-state index >= 15 is 0 Å². The van der Waals surface area contributed by atoms with Crippen molar-refractivity contribution in [1.29, 1.82) is 0 Å². The zero-order valence-electron chi connectivity index (χ0n) is 8.00. The summed E-state index contributed by atoms with van der Waals surface area (Å²) < 4.78 is 0. The van der Waals surface area contributed by atoms with Crippen LogP contribution in [0.15, 0.2) is 18.2 Å². The van der Waals surface area contributed by atoms with Crippen molar-refractivity contribution in [3.8, 4) is 0 Å². The Morgan fingerprint density at radius 3 is 2.67 bits per heavy atom. The fourth-order valence-corrected chi connectivity index (χ4v) is 1.16. The van der Waals surface area contributed by atoms with Gasteiger partial charge in [0.1, 0.15) is 0 Å². The highest BCUT2D eigenvalue weighted by Gasteiger charge is 2.06. The lowest BCUT2D eigenvalue weighted by Crippen LogP contribution is -2.44. The molecule has 0 atom stereocenters. The minimum absolute atomic E-state index is 0.00144. The average molecular weight is 244 g/mol. The maximum Gasteiger partial charge on any atom is 0.269 e. The Hall–Kier alpha value is -1.33. The highest BCUT2D eigenvalue weighted by molar-refractivity contribution is 7.80. The molecule has 1 amide bonds. The summed E-state index contributed by atoms with van der Waals surface area (Å²) in [6.45, 7) is 1.86. The molecule has 1 rings (SSSR count). The van der Waals surface area contributed by atoms with Gasteiger partial charge >= 0.3 is 0 Å². The van der Waals surface area contributed by atoms with Crippen LogP contribution in [0.5, 0.6) is 0 Å². The Bertz CT molecular complexity index is 408. The third kappa shape index (κ3) is 3.38. The zero-order chi connectivity index (χ0) is 11.4. The Balaban J connectivity index is 2.74. The molecule has 0 aliphatic rings. The van der Waals surface area contributed by atoms with Gasteiger partial charge in [-0.1, -0.05) is 17.7 Å². The van der Waals surface area contributed by atoms with Crippen molar-refractivity contribution >= 4 is 34.8 Å². The van der Waals surface area contributed by atoms with Crippen molar-refractivity contribution < 1.29 is 4.79 Å². The molecule has 1 aromatic carbocycles. The van der Waals surface area contributed by atoms with Crippen LogP contribution in [0.3, 0.4) is 0 Å². The summed E-state index contributed by atoms with van der Waals surface area (Å²) in [5.41, 5.74) is 11.2. The number of nitrogens with one attached hydrogen (secondary N) is 2. The topological polar surface area (TPSA) is 67.2 Å². The van der Waals surface area contributed by atoms with Gasteiger partial charge in [0, 0.05) is 10.6 Å². The molecular formula is C9H10ClN3OS. The van der Waals surface area contributed by atoms with E-state index in [4.69, 9.17) is 17.3 Å². The number of hydrazine groups is 1. The van der Waals surface area contributed by atoms with Crippen LogP contribution in [-0.2, 0) is 0 Å². The van der Waals surface area contributed by atoms with Gasteiger partial charge < -0.3 is 5.73 Å². The molecule has 6 heteroatoms. The van der Waals surface area contributed by atoms with Gasteiger partial charge in [-0.2, -0.15) is 0 Å². The number of benzene rings is 1. The lowest BCUT2D eigenvalue weighted by Gasteiger charge is -2.07. The van der Waals surface area contributed by atoms with Crippen LogP contribution in [-0.4, -0.2) is 11.0 Å². The molecular weight excluding hydrogens is 234 g/mol. The van der Waals surface area contributed by atoms with Gasteiger partial charge in [-0.05, 0) is 36.8 Å². The molecule has 0 aliphatic heterocycles. The first-order valence-corrected chi connectivity index (χ1v) is 4.91. The SMILES string of the molecule is Cc1ccc(C(=O)NNC(N)=S)cc1Cl. The quantitative estimate of drug-likeness (QED) is 0.511.